The second-order valence-corrected chi connectivity index (χ2v) is 8.57. The molecule has 0 aliphatic carbocycles. The van der Waals surface area contributed by atoms with Crippen LogP contribution >= 0.6 is 22.9 Å². The van der Waals surface area contributed by atoms with Gasteiger partial charge in [0.15, 0.2) is 0 Å². The molecule has 0 aliphatic heterocycles. The summed E-state index contributed by atoms with van der Waals surface area (Å²) in [5.41, 5.74) is 4.21. The number of nitrogens with one attached hydrogen (secondary N) is 1. The largest absolute Gasteiger partial charge is 0.324 e. The minimum atomic E-state index is -0.737. The number of nitrogens with zero attached hydrogens (tertiary/aromatic N) is 2. The lowest BCUT2D eigenvalue weighted by Crippen LogP contribution is -2.31. The van der Waals surface area contributed by atoms with Crippen molar-refractivity contribution in [2.45, 2.75) is 26.8 Å². The summed E-state index contributed by atoms with van der Waals surface area (Å²) < 4.78 is 1.38. The number of amides is 1. The van der Waals surface area contributed by atoms with Crippen molar-refractivity contribution >= 4 is 44.7 Å². The summed E-state index contributed by atoms with van der Waals surface area (Å²) in [4.78, 5) is 31.2. The highest BCUT2D eigenvalue weighted by atomic mass is 35.5. The Bertz CT molecular complexity index is 1310. The average molecular weight is 438 g/mol. The molecule has 0 radical (unpaired) electrons. The Labute approximate surface area is 183 Å². The molecule has 1 N–H and O–H groups in total. The normalized spacial score (nSPS) is 12.1. The molecule has 4 rings (SSSR count). The van der Waals surface area contributed by atoms with E-state index in [4.69, 9.17) is 11.6 Å². The first-order chi connectivity index (χ1) is 14.3. The Morgan fingerprint density at radius 1 is 1.17 bits per heavy atom. The smallest absolute Gasteiger partial charge is 0.263 e. The van der Waals surface area contributed by atoms with Gasteiger partial charge in [-0.05, 0) is 44.0 Å². The molecule has 2 aromatic carbocycles. The monoisotopic (exact) mass is 437 g/mol. The van der Waals surface area contributed by atoms with E-state index in [9.17, 15) is 9.59 Å². The summed E-state index contributed by atoms with van der Waals surface area (Å²) in [6.07, 6.45) is 1.44. The average Bonchev–Trinajstić information content (AvgIpc) is 3.16. The summed E-state index contributed by atoms with van der Waals surface area (Å²) in [7, 11) is 0. The van der Waals surface area contributed by atoms with E-state index in [1.54, 1.807) is 19.1 Å². The van der Waals surface area contributed by atoms with Gasteiger partial charge >= 0.3 is 0 Å². The van der Waals surface area contributed by atoms with Gasteiger partial charge in [0, 0.05) is 21.7 Å². The molecule has 1 amide bonds. The lowest BCUT2D eigenvalue weighted by atomic mass is 10.0. The molecule has 5 nitrogen and oxygen atoms in total. The molecule has 0 saturated carbocycles. The van der Waals surface area contributed by atoms with Gasteiger partial charge in [-0.1, -0.05) is 47.5 Å². The fourth-order valence-corrected chi connectivity index (χ4v) is 4.34. The number of halogens is 1. The van der Waals surface area contributed by atoms with Gasteiger partial charge < -0.3 is 5.32 Å². The van der Waals surface area contributed by atoms with Crippen LogP contribution in [0.2, 0.25) is 5.02 Å². The Balaban J connectivity index is 1.72. The van der Waals surface area contributed by atoms with E-state index in [-0.39, 0.29) is 11.5 Å². The Hall–Kier alpha value is -2.96. The highest BCUT2D eigenvalue weighted by molar-refractivity contribution is 7.17. The van der Waals surface area contributed by atoms with Gasteiger partial charge in [-0.25, -0.2) is 4.98 Å². The second-order valence-electron chi connectivity index (χ2n) is 7.28. The molecular formula is C23H20ClN3O2S. The number of hydrogen-bond acceptors (Lipinski definition) is 4. The maximum atomic E-state index is 13.3. The molecule has 7 heteroatoms. The van der Waals surface area contributed by atoms with Crippen LogP contribution in [0.15, 0.2) is 59.0 Å². The molecule has 0 spiro atoms. The number of carbonyl (C=O) groups excluding carboxylic acids is 1. The maximum Gasteiger partial charge on any atom is 0.263 e. The van der Waals surface area contributed by atoms with Crippen molar-refractivity contribution in [3.05, 3.63) is 80.7 Å². The second kappa shape index (κ2) is 8.05. The SMILES string of the molecule is Cc1ccc(-c2csc3ncn(C(C)C(=O)Nc4cc(Cl)ccc4C)c(=O)c23)cc1. The van der Waals surface area contributed by atoms with Crippen LogP contribution in [-0.2, 0) is 4.79 Å². The van der Waals surface area contributed by atoms with Gasteiger partial charge in [0.1, 0.15) is 10.9 Å². The first kappa shape index (κ1) is 20.3. The van der Waals surface area contributed by atoms with Crippen LogP contribution in [0.25, 0.3) is 21.3 Å². The minimum absolute atomic E-state index is 0.234. The molecule has 0 bridgehead atoms. The molecule has 0 aliphatic rings. The third-order valence-corrected chi connectivity index (χ3v) is 6.26. The predicted octanol–water partition coefficient (Wildman–Crippen LogP) is 5.59. The highest BCUT2D eigenvalue weighted by Gasteiger charge is 2.21. The van der Waals surface area contributed by atoms with E-state index < -0.39 is 6.04 Å². The molecule has 152 valence electrons. The maximum absolute atomic E-state index is 13.3. The summed E-state index contributed by atoms with van der Waals surface area (Å²) >= 11 is 7.47. The molecule has 1 atom stereocenters. The van der Waals surface area contributed by atoms with E-state index in [2.05, 4.69) is 10.3 Å². The third kappa shape index (κ3) is 3.76. The number of thiophene rings is 1. The van der Waals surface area contributed by atoms with Crippen LogP contribution in [0.4, 0.5) is 5.69 Å². The Morgan fingerprint density at radius 3 is 2.63 bits per heavy atom. The summed E-state index contributed by atoms with van der Waals surface area (Å²) in [6.45, 7) is 5.59. The van der Waals surface area contributed by atoms with Crippen LogP contribution < -0.4 is 10.9 Å². The fourth-order valence-electron chi connectivity index (χ4n) is 3.26. The van der Waals surface area contributed by atoms with Crippen molar-refractivity contribution in [3.8, 4) is 11.1 Å². The zero-order chi connectivity index (χ0) is 21.4. The number of anilines is 1. The number of aromatic nitrogens is 2. The first-order valence-electron chi connectivity index (χ1n) is 9.47. The number of benzene rings is 2. The van der Waals surface area contributed by atoms with Gasteiger partial charge in [-0.2, -0.15) is 0 Å². The molecule has 0 saturated heterocycles. The van der Waals surface area contributed by atoms with E-state index in [1.807, 2.05) is 49.6 Å². The Kier molecular flexibility index (Phi) is 5.45. The summed E-state index contributed by atoms with van der Waals surface area (Å²) in [5.74, 6) is -0.310. The summed E-state index contributed by atoms with van der Waals surface area (Å²) in [5, 5.41) is 5.87. The fraction of sp³-hybridized carbons (Fsp3) is 0.174. The van der Waals surface area contributed by atoms with Gasteiger partial charge in [0.2, 0.25) is 5.91 Å². The zero-order valence-corrected chi connectivity index (χ0v) is 18.3. The van der Waals surface area contributed by atoms with Crippen LogP contribution in [-0.4, -0.2) is 15.5 Å². The topological polar surface area (TPSA) is 64.0 Å². The van der Waals surface area contributed by atoms with E-state index in [0.29, 0.717) is 20.9 Å². The van der Waals surface area contributed by atoms with Crippen LogP contribution in [0.3, 0.4) is 0 Å². The van der Waals surface area contributed by atoms with Gasteiger partial charge in [0.05, 0.1) is 11.7 Å². The molecular weight excluding hydrogens is 418 g/mol. The number of fused-ring (bicyclic) bond motifs is 1. The number of aryl methyl sites for hydroxylation is 2. The van der Waals surface area contributed by atoms with Crippen molar-refractivity contribution in [2.75, 3.05) is 5.32 Å². The van der Waals surface area contributed by atoms with Gasteiger partial charge in [-0.15, -0.1) is 11.3 Å². The van der Waals surface area contributed by atoms with Crippen molar-refractivity contribution < 1.29 is 4.79 Å². The van der Waals surface area contributed by atoms with Crippen molar-refractivity contribution in [1.82, 2.24) is 9.55 Å². The zero-order valence-electron chi connectivity index (χ0n) is 16.8. The molecule has 1 unspecified atom stereocenters. The van der Waals surface area contributed by atoms with Gasteiger partial charge in [0.25, 0.3) is 5.56 Å². The third-order valence-electron chi connectivity index (χ3n) is 5.14. The molecule has 2 aromatic heterocycles. The van der Waals surface area contributed by atoms with Gasteiger partial charge in [-0.3, -0.25) is 14.2 Å². The molecule has 4 aromatic rings. The summed E-state index contributed by atoms with van der Waals surface area (Å²) in [6, 6.07) is 12.6. The van der Waals surface area contributed by atoms with Crippen LogP contribution in [0.1, 0.15) is 24.1 Å². The van der Waals surface area contributed by atoms with E-state index in [0.717, 1.165) is 22.3 Å². The number of rotatable bonds is 4. The standard InChI is InChI=1S/C23H20ClN3O2S/c1-13-4-7-16(8-5-13)18-11-30-22-20(18)23(29)27(12-25-22)15(3)21(28)26-19-10-17(24)9-6-14(19)2/h4-12,15H,1-3H3,(H,26,28). The van der Waals surface area contributed by atoms with Crippen molar-refractivity contribution in [2.24, 2.45) is 0 Å². The van der Waals surface area contributed by atoms with Crippen LogP contribution in [0, 0.1) is 13.8 Å². The molecule has 0 fully saturated rings. The molecule has 30 heavy (non-hydrogen) atoms. The predicted molar refractivity (Wildman–Crippen MR) is 124 cm³/mol. The first-order valence-corrected chi connectivity index (χ1v) is 10.7. The van der Waals surface area contributed by atoms with Crippen molar-refractivity contribution in [3.63, 3.8) is 0 Å². The number of hydrogen-bond donors (Lipinski definition) is 1. The van der Waals surface area contributed by atoms with E-state index in [1.165, 1.54) is 22.2 Å². The quantitative estimate of drug-likeness (QED) is 0.452. The Morgan fingerprint density at radius 2 is 1.90 bits per heavy atom. The molecule has 2 heterocycles. The minimum Gasteiger partial charge on any atom is -0.324 e. The number of carbonyl (C=O) groups is 1. The lowest BCUT2D eigenvalue weighted by Gasteiger charge is -2.16. The van der Waals surface area contributed by atoms with Crippen LogP contribution in [0.5, 0.6) is 0 Å². The van der Waals surface area contributed by atoms with E-state index >= 15 is 0 Å². The van der Waals surface area contributed by atoms with Crippen molar-refractivity contribution in [1.29, 1.82) is 0 Å². The lowest BCUT2D eigenvalue weighted by molar-refractivity contribution is -0.118. The highest BCUT2D eigenvalue weighted by Crippen LogP contribution is 2.31.